The molecule has 1 aliphatic rings. The SMILES string of the molecule is CCC1CN(C)c2ccccc2CN1C(=O)CCc1nc(-c2ncn[nH]2)no1. The number of hydrogen-bond donors (Lipinski definition) is 1. The van der Waals surface area contributed by atoms with Gasteiger partial charge in [0, 0.05) is 44.7 Å². The predicted octanol–water partition coefficient (Wildman–Crippen LogP) is 2.04. The van der Waals surface area contributed by atoms with Crippen LogP contribution in [-0.4, -0.2) is 55.8 Å². The van der Waals surface area contributed by atoms with Crippen LogP contribution in [0.2, 0.25) is 0 Å². The van der Waals surface area contributed by atoms with Crippen molar-refractivity contribution in [2.75, 3.05) is 18.5 Å². The highest BCUT2D eigenvalue weighted by molar-refractivity contribution is 5.77. The van der Waals surface area contributed by atoms with Gasteiger partial charge in [-0.2, -0.15) is 10.1 Å². The maximum absolute atomic E-state index is 13.0. The van der Waals surface area contributed by atoms with E-state index in [1.807, 2.05) is 17.0 Å². The van der Waals surface area contributed by atoms with Gasteiger partial charge in [0.1, 0.15) is 6.33 Å². The number of H-pyrrole nitrogens is 1. The van der Waals surface area contributed by atoms with E-state index >= 15 is 0 Å². The number of aromatic nitrogens is 5. The van der Waals surface area contributed by atoms with Crippen LogP contribution >= 0.6 is 0 Å². The summed E-state index contributed by atoms with van der Waals surface area (Å²) < 4.78 is 5.25. The van der Waals surface area contributed by atoms with E-state index in [4.69, 9.17) is 4.52 Å². The van der Waals surface area contributed by atoms with Gasteiger partial charge in [-0.25, -0.2) is 4.98 Å². The van der Waals surface area contributed by atoms with Crippen LogP contribution < -0.4 is 4.90 Å². The molecule has 1 aliphatic heterocycles. The van der Waals surface area contributed by atoms with Crippen molar-refractivity contribution >= 4 is 11.6 Å². The summed E-state index contributed by atoms with van der Waals surface area (Å²) in [5.41, 5.74) is 2.35. The highest BCUT2D eigenvalue weighted by Crippen LogP contribution is 2.27. The second-order valence-corrected chi connectivity index (χ2v) is 6.94. The molecule has 0 saturated carbocycles. The predicted molar refractivity (Wildman–Crippen MR) is 102 cm³/mol. The number of para-hydroxylation sites is 1. The fourth-order valence-electron chi connectivity index (χ4n) is 3.61. The molecule has 3 heterocycles. The Morgan fingerprint density at radius 1 is 1.36 bits per heavy atom. The average Bonchev–Trinajstić information content (AvgIpc) is 3.38. The number of fused-ring (bicyclic) bond motifs is 1. The Morgan fingerprint density at radius 3 is 3.00 bits per heavy atom. The molecule has 9 nitrogen and oxygen atoms in total. The van der Waals surface area contributed by atoms with Crippen LogP contribution in [0.1, 0.15) is 31.2 Å². The molecular weight excluding hydrogens is 358 g/mol. The third-order valence-electron chi connectivity index (χ3n) is 5.11. The molecular formula is C19H23N7O2. The number of aromatic amines is 1. The van der Waals surface area contributed by atoms with Crippen LogP contribution in [-0.2, 0) is 17.8 Å². The van der Waals surface area contributed by atoms with E-state index in [1.54, 1.807) is 0 Å². The number of aryl methyl sites for hydroxylation is 1. The summed E-state index contributed by atoms with van der Waals surface area (Å²) in [5.74, 6) is 1.30. The second kappa shape index (κ2) is 7.79. The lowest BCUT2D eigenvalue weighted by Gasteiger charge is -2.30. The van der Waals surface area contributed by atoms with E-state index in [1.165, 1.54) is 17.6 Å². The van der Waals surface area contributed by atoms with Crippen molar-refractivity contribution in [3.8, 4) is 11.6 Å². The smallest absolute Gasteiger partial charge is 0.239 e. The monoisotopic (exact) mass is 381 g/mol. The molecule has 0 radical (unpaired) electrons. The minimum atomic E-state index is 0.0939. The second-order valence-electron chi connectivity index (χ2n) is 6.94. The van der Waals surface area contributed by atoms with Crippen LogP contribution in [0.5, 0.6) is 0 Å². The Morgan fingerprint density at radius 2 is 2.21 bits per heavy atom. The minimum Gasteiger partial charge on any atom is -0.372 e. The number of rotatable bonds is 5. The molecule has 146 valence electrons. The lowest BCUT2D eigenvalue weighted by atomic mass is 10.1. The van der Waals surface area contributed by atoms with Crippen LogP contribution in [0.4, 0.5) is 5.69 Å². The standard InChI is InChI=1S/C19H23N7O2/c1-3-14-11-25(2)15-7-5-4-6-13(15)10-26(14)17(27)9-8-16-22-19(24-28-16)18-20-12-21-23-18/h4-7,12,14H,3,8-11H2,1-2H3,(H,20,21,23). The maximum atomic E-state index is 13.0. The van der Waals surface area contributed by atoms with E-state index in [0.717, 1.165) is 13.0 Å². The summed E-state index contributed by atoms with van der Waals surface area (Å²) in [6.45, 7) is 3.55. The van der Waals surface area contributed by atoms with Crippen LogP contribution in [0.3, 0.4) is 0 Å². The van der Waals surface area contributed by atoms with Gasteiger partial charge in [0.25, 0.3) is 0 Å². The van der Waals surface area contributed by atoms with E-state index in [2.05, 4.69) is 56.3 Å². The zero-order valence-electron chi connectivity index (χ0n) is 16.0. The minimum absolute atomic E-state index is 0.0939. The van der Waals surface area contributed by atoms with Crippen molar-refractivity contribution in [3.05, 3.63) is 42.0 Å². The number of nitrogens with zero attached hydrogens (tertiary/aromatic N) is 6. The first-order valence-electron chi connectivity index (χ1n) is 9.42. The molecule has 9 heteroatoms. The average molecular weight is 381 g/mol. The van der Waals surface area contributed by atoms with Gasteiger partial charge in [-0.15, -0.1) is 0 Å². The Hall–Kier alpha value is -3.23. The van der Waals surface area contributed by atoms with Gasteiger partial charge in [0.2, 0.25) is 17.6 Å². The molecule has 0 aliphatic carbocycles. The van der Waals surface area contributed by atoms with E-state index in [9.17, 15) is 4.79 Å². The maximum Gasteiger partial charge on any atom is 0.239 e. The van der Waals surface area contributed by atoms with Crippen molar-refractivity contribution in [1.82, 2.24) is 30.2 Å². The van der Waals surface area contributed by atoms with Gasteiger partial charge < -0.3 is 14.3 Å². The zero-order chi connectivity index (χ0) is 19.5. The van der Waals surface area contributed by atoms with E-state index in [0.29, 0.717) is 36.9 Å². The van der Waals surface area contributed by atoms with Gasteiger partial charge in [0.05, 0.1) is 0 Å². The van der Waals surface area contributed by atoms with Crippen molar-refractivity contribution in [1.29, 1.82) is 0 Å². The van der Waals surface area contributed by atoms with Gasteiger partial charge in [-0.1, -0.05) is 30.3 Å². The summed E-state index contributed by atoms with van der Waals surface area (Å²) in [5, 5.41) is 10.3. The number of carbonyl (C=O) groups is 1. The Balaban J connectivity index is 1.46. The number of nitrogens with one attached hydrogen (secondary N) is 1. The molecule has 1 amide bonds. The van der Waals surface area contributed by atoms with Crippen molar-refractivity contribution < 1.29 is 9.32 Å². The number of likely N-dealkylation sites (N-methyl/N-ethyl adjacent to an activating group) is 1. The lowest BCUT2D eigenvalue weighted by molar-refractivity contribution is -0.134. The first-order valence-corrected chi connectivity index (χ1v) is 9.42. The molecule has 3 aromatic rings. The third kappa shape index (κ3) is 3.60. The summed E-state index contributed by atoms with van der Waals surface area (Å²) in [4.78, 5) is 25.5. The summed E-state index contributed by atoms with van der Waals surface area (Å²) in [7, 11) is 2.08. The number of carbonyl (C=O) groups excluding carboxylic acids is 1. The molecule has 1 atom stereocenters. The number of hydrogen-bond acceptors (Lipinski definition) is 7. The number of amides is 1. The molecule has 1 aromatic carbocycles. The third-order valence-corrected chi connectivity index (χ3v) is 5.11. The van der Waals surface area contributed by atoms with Crippen LogP contribution in [0.15, 0.2) is 35.1 Å². The van der Waals surface area contributed by atoms with Crippen molar-refractivity contribution in [2.24, 2.45) is 0 Å². The quantitative estimate of drug-likeness (QED) is 0.721. The molecule has 0 bridgehead atoms. The zero-order valence-corrected chi connectivity index (χ0v) is 16.0. The fourth-order valence-corrected chi connectivity index (χ4v) is 3.61. The number of benzene rings is 1. The molecule has 0 fully saturated rings. The van der Waals surface area contributed by atoms with E-state index < -0.39 is 0 Å². The van der Waals surface area contributed by atoms with Crippen LogP contribution in [0, 0.1) is 0 Å². The Kier molecular flexibility index (Phi) is 5.05. The molecule has 1 unspecified atom stereocenters. The van der Waals surface area contributed by atoms with E-state index in [-0.39, 0.29) is 11.9 Å². The summed E-state index contributed by atoms with van der Waals surface area (Å²) in [6, 6.07) is 8.42. The first kappa shape index (κ1) is 18.1. The fraction of sp³-hybridized carbons (Fsp3) is 0.421. The van der Waals surface area contributed by atoms with Gasteiger partial charge in [0.15, 0.2) is 5.82 Å². The van der Waals surface area contributed by atoms with Crippen LogP contribution in [0.25, 0.3) is 11.6 Å². The largest absolute Gasteiger partial charge is 0.372 e. The normalized spacial score (nSPS) is 16.7. The topological polar surface area (TPSA) is 104 Å². The summed E-state index contributed by atoms with van der Waals surface area (Å²) >= 11 is 0. The summed E-state index contributed by atoms with van der Waals surface area (Å²) in [6.07, 6.45) is 3.00. The molecule has 1 N–H and O–H groups in total. The van der Waals surface area contributed by atoms with Gasteiger partial charge in [-0.3, -0.25) is 9.89 Å². The van der Waals surface area contributed by atoms with Gasteiger partial charge in [-0.05, 0) is 18.1 Å². The lowest BCUT2D eigenvalue weighted by Crippen LogP contribution is -2.43. The molecule has 0 saturated heterocycles. The molecule has 2 aromatic heterocycles. The molecule has 4 rings (SSSR count). The van der Waals surface area contributed by atoms with Gasteiger partial charge >= 0.3 is 0 Å². The first-order chi connectivity index (χ1) is 13.7. The highest BCUT2D eigenvalue weighted by atomic mass is 16.5. The van der Waals surface area contributed by atoms with Crippen molar-refractivity contribution in [2.45, 2.75) is 38.8 Å². The van der Waals surface area contributed by atoms with Crippen molar-refractivity contribution in [3.63, 3.8) is 0 Å². The molecule has 28 heavy (non-hydrogen) atoms. The highest BCUT2D eigenvalue weighted by Gasteiger charge is 2.28. The number of anilines is 1. The Bertz CT molecular complexity index is 937. The Labute approximate surface area is 162 Å². The molecule has 0 spiro atoms.